The highest BCUT2D eigenvalue weighted by molar-refractivity contribution is 5.96. The molecule has 0 spiro atoms. The highest BCUT2D eigenvalue weighted by atomic mass is 16.5. The van der Waals surface area contributed by atoms with E-state index < -0.39 is 12.0 Å². The van der Waals surface area contributed by atoms with Crippen molar-refractivity contribution in [3.8, 4) is 0 Å². The number of morpholine rings is 1. The zero-order chi connectivity index (χ0) is 14.5. The van der Waals surface area contributed by atoms with Gasteiger partial charge in [0.25, 0.3) is 5.91 Å². The number of benzene rings is 1. The molecule has 1 aromatic rings. The van der Waals surface area contributed by atoms with E-state index in [0.717, 1.165) is 18.8 Å². The Hall–Kier alpha value is -2.08. The molecular formula is C14H18N2O4. The lowest BCUT2D eigenvalue weighted by atomic mass is 10.1. The Balaban J connectivity index is 2.00. The van der Waals surface area contributed by atoms with Crippen LogP contribution in [0.1, 0.15) is 17.3 Å². The number of aliphatic carboxylic acids is 1. The second kappa shape index (κ2) is 6.38. The number of carbonyl (C=O) groups is 2. The number of amides is 1. The molecule has 0 saturated carbocycles. The molecule has 1 amide bonds. The van der Waals surface area contributed by atoms with Gasteiger partial charge >= 0.3 is 5.97 Å². The number of hydrogen-bond donors (Lipinski definition) is 2. The first-order valence-electron chi connectivity index (χ1n) is 6.54. The monoisotopic (exact) mass is 278 g/mol. The van der Waals surface area contributed by atoms with Crippen molar-refractivity contribution < 1.29 is 19.4 Å². The van der Waals surface area contributed by atoms with Crippen molar-refractivity contribution in [3.63, 3.8) is 0 Å². The van der Waals surface area contributed by atoms with Gasteiger partial charge < -0.3 is 20.1 Å². The number of nitrogens with one attached hydrogen (secondary N) is 1. The van der Waals surface area contributed by atoms with Gasteiger partial charge in [0.05, 0.1) is 13.2 Å². The van der Waals surface area contributed by atoms with Crippen LogP contribution in [0.2, 0.25) is 0 Å². The summed E-state index contributed by atoms with van der Waals surface area (Å²) in [4.78, 5) is 24.7. The van der Waals surface area contributed by atoms with Crippen molar-refractivity contribution in [2.24, 2.45) is 0 Å². The number of anilines is 1. The van der Waals surface area contributed by atoms with Crippen molar-refractivity contribution in [3.05, 3.63) is 29.8 Å². The van der Waals surface area contributed by atoms with E-state index in [1.165, 1.54) is 6.92 Å². The summed E-state index contributed by atoms with van der Waals surface area (Å²) in [5.74, 6) is -1.43. The van der Waals surface area contributed by atoms with Gasteiger partial charge in [0.1, 0.15) is 6.04 Å². The van der Waals surface area contributed by atoms with E-state index in [-0.39, 0.29) is 5.91 Å². The lowest BCUT2D eigenvalue weighted by molar-refractivity contribution is -0.138. The SMILES string of the molecule is CC(NC(=O)c1ccc(N2CCOCC2)cc1)C(=O)O. The summed E-state index contributed by atoms with van der Waals surface area (Å²) in [6.07, 6.45) is 0. The smallest absolute Gasteiger partial charge is 0.325 e. The van der Waals surface area contributed by atoms with Gasteiger partial charge in [-0.05, 0) is 31.2 Å². The molecule has 0 aliphatic carbocycles. The molecule has 1 saturated heterocycles. The summed E-state index contributed by atoms with van der Waals surface area (Å²) in [6.45, 7) is 4.52. The van der Waals surface area contributed by atoms with Crippen LogP contribution in [0.3, 0.4) is 0 Å². The molecule has 1 aromatic carbocycles. The van der Waals surface area contributed by atoms with Gasteiger partial charge in [0.15, 0.2) is 0 Å². The Kier molecular flexibility index (Phi) is 4.57. The lowest BCUT2D eigenvalue weighted by Gasteiger charge is -2.28. The molecule has 20 heavy (non-hydrogen) atoms. The third-order valence-corrected chi connectivity index (χ3v) is 3.22. The van der Waals surface area contributed by atoms with Gasteiger partial charge in [0, 0.05) is 24.3 Å². The van der Waals surface area contributed by atoms with E-state index in [9.17, 15) is 9.59 Å². The number of carboxylic acids is 1. The van der Waals surface area contributed by atoms with E-state index in [1.807, 2.05) is 12.1 Å². The van der Waals surface area contributed by atoms with Crippen molar-refractivity contribution in [1.82, 2.24) is 5.32 Å². The van der Waals surface area contributed by atoms with E-state index in [0.29, 0.717) is 18.8 Å². The molecule has 0 radical (unpaired) electrons. The molecule has 6 heteroatoms. The number of nitrogens with zero attached hydrogens (tertiary/aromatic N) is 1. The van der Waals surface area contributed by atoms with E-state index in [1.54, 1.807) is 12.1 Å². The molecule has 1 aliphatic rings. The Morgan fingerprint density at radius 2 is 1.85 bits per heavy atom. The third-order valence-electron chi connectivity index (χ3n) is 3.22. The van der Waals surface area contributed by atoms with Crippen LogP contribution >= 0.6 is 0 Å². The molecule has 1 fully saturated rings. The quantitative estimate of drug-likeness (QED) is 0.848. The van der Waals surface area contributed by atoms with Crippen LogP contribution in [0.4, 0.5) is 5.69 Å². The maximum absolute atomic E-state index is 11.8. The number of ether oxygens (including phenoxy) is 1. The van der Waals surface area contributed by atoms with Crippen LogP contribution in [0, 0.1) is 0 Å². The number of hydrogen-bond acceptors (Lipinski definition) is 4. The Morgan fingerprint density at radius 1 is 1.25 bits per heavy atom. The number of carbonyl (C=O) groups excluding carboxylic acids is 1. The summed E-state index contributed by atoms with van der Waals surface area (Å²) in [5, 5.41) is 11.2. The molecule has 6 nitrogen and oxygen atoms in total. The van der Waals surface area contributed by atoms with E-state index in [2.05, 4.69) is 10.2 Å². The predicted molar refractivity (Wildman–Crippen MR) is 74.0 cm³/mol. The Labute approximate surface area is 117 Å². The van der Waals surface area contributed by atoms with Crippen molar-refractivity contribution in [1.29, 1.82) is 0 Å². The lowest BCUT2D eigenvalue weighted by Crippen LogP contribution is -2.38. The molecule has 1 heterocycles. The van der Waals surface area contributed by atoms with Crippen molar-refractivity contribution in [2.45, 2.75) is 13.0 Å². The molecule has 0 aromatic heterocycles. The van der Waals surface area contributed by atoms with E-state index >= 15 is 0 Å². The maximum atomic E-state index is 11.8. The molecular weight excluding hydrogens is 260 g/mol. The summed E-state index contributed by atoms with van der Waals surface area (Å²) in [6, 6.07) is 6.24. The minimum atomic E-state index is -1.05. The summed E-state index contributed by atoms with van der Waals surface area (Å²) >= 11 is 0. The van der Waals surface area contributed by atoms with Crippen molar-refractivity contribution >= 4 is 17.6 Å². The first-order valence-corrected chi connectivity index (χ1v) is 6.54. The molecule has 0 bridgehead atoms. The van der Waals surface area contributed by atoms with Crippen LogP contribution in [0.15, 0.2) is 24.3 Å². The van der Waals surface area contributed by atoms with Crippen LogP contribution in [0.5, 0.6) is 0 Å². The fraction of sp³-hybridized carbons (Fsp3) is 0.429. The molecule has 1 unspecified atom stereocenters. The Bertz CT molecular complexity index is 480. The summed E-state index contributed by atoms with van der Waals surface area (Å²) < 4.78 is 5.29. The first kappa shape index (κ1) is 14.3. The maximum Gasteiger partial charge on any atom is 0.325 e. The minimum Gasteiger partial charge on any atom is -0.480 e. The molecule has 2 rings (SSSR count). The predicted octanol–water partition coefficient (Wildman–Crippen LogP) is 0.726. The van der Waals surface area contributed by atoms with Gasteiger partial charge in [-0.15, -0.1) is 0 Å². The fourth-order valence-electron chi connectivity index (χ4n) is 1.99. The van der Waals surface area contributed by atoms with Gasteiger partial charge in [-0.2, -0.15) is 0 Å². The zero-order valence-corrected chi connectivity index (χ0v) is 11.3. The number of carboxylic acid groups (broad SMARTS) is 1. The highest BCUT2D eigenvalue weighted by Gasteiger charge is 2.16. The molecule has 108 valence electrons. The van der Waals surface area contributed by atoms with Crippen LogP contribution in [0.25, 0.3) is 0 Å². The largest absolute Gasteiger partial charge is 0.480 e. The van der Waals surface area contributed by atoms with Gasteiger partial charge in [-0.1, -0.05) is 0 Å². The second-order valence-corrected chi connectivity index (χ2v) is 4.68. The second-order valence-electron chi connectivity index (χ2n) is 4.68. The van der Waals surface area contributed by atoms with E-state index in [4.69, 9.17) is 9.84 Å². The minimum absolute atomic E-state index is 0.381. The summed E-state index contributed by atoms with van der Waals surface area (Å²) in [7, 11) is 0. The molecule has 1 atom stereocenters. The van der Waals surface area contributed by atoms with Gasteiger partial charge in [0.2, 0.25) is 0 Å². The van der Waals surface area contributed by atoms with Gasteiger partial charge in [-0.3, -0.25) is 9.59 Å². The average molecular weight is 278 g/mol. The molecule has 2 N–H and O–H groups in total. The topological polar surface area (TPSA) is 78.9 Å². The average Bonchev–Trinajstić information content (AvgIpc) is 2.48. The van der Waals surface area contributed by atoms with Crippen LogP contribution < -0.4 is 10.2 Å². The van der Waals surface area contributed by atoms with Crippen LogP contribution in [-0.4, -0.2) is 49.3 Å². The number of rotatable bonds is 4. The highest BCUT2D eigenvalue weighted by Crippen LogP contribution is 2.16. The molecule has 1 aliphatic heterocycles. The standard InChI is InChI=1S/C14H18N2O4/c1-10(14(18)19)15-13(17)11-2-4-12(5-3-11)16-6-8-20-9-7-16/h2-5,10H,6-9H2,1H3,(H,15,17)(H,18,19). The zero-order valence-electron chi connectivity index (χ0n) is 11.3. The normalized spacial score (nSPS) is 16.6. The van der Waals surface area contributed by atoms with Crippen LogP contribution in [-0.2, 0) is 9.53 Å². The Morgan fingerprint density at radius 3 is 2.40 bits per heavy atom. The third kappa shape index (κ3) is 3.48. The van der Waals surface area contributed by atoms with Gasteiger partial charge in [-0.25, -0.2) is 0 Å². The first-order chi connectivity index (χ1) is 9.58. The summed E-state index contributed by atoms with van der Waals surface area (Å²) in [5.41, 5.74) is 1.49. The van der Waals surface area contributed by atoms with Crippen molar-refractivity contribution in [2.75, 3.05) is 31.2 Å². The fourth-order valence-corrected chi connectivity index (χ4v) is 1.99.